The van der Waals surface area contributed by atoms with Gasteiger partial charge in [-0.3, -0.25) is 14.9 Å². The van der Waals surface area contributed by atoms with Gasteiger partial charge < -0.3 is 9.32 Å². The highest BCUT2D eigenvalue weighted by atomic mass is 32.2. The summed E-state index contributed by atoms with van der Waals surface area (Å²) >= 11 is 1.18. The van der Waals surface area contributed by atoms with Crippen LogP contribution in [0.25, 0.3) is 11.5 Å². The lowest BCUT2D eigenvalue weighted by Gasteiger charge is -2.29. The summed E-state index contributed by atoms with van der Waals surface area (Å²) in [5, 5.41) is 19.3. The minimum atomic E-state index is -0.420. The number of nitrogens with zero attached hydrogens (tertiary/aromatic N) is 4. The van der Waals surface area contributed by atoms with Crippen LogP contribution in [0.15, 0.2) is 58.2 Å². The molecule has 0 unspecified atom stereocenters. The molecule has 0 atom stereocenters. The number of fused-ring (bicyclic) bond motifs is 1. The first kappa shape index (κ1) is 18.2. The molecule has 0 radical (unpaired) electrons. The largest absolute Gasteiger partial charge is 0.411 e. The zero-order valence-electron chi connectivity index (χ0n) is 14.8. The maximum atomic E-state index is 12.7. The monoisotopic (exact) mass is 396 g/mol. The van der Waals surface area contributed by atoms with Crippen LogP contribution >= 0.6 is 11.8 Å². The van der Waals surface area contributed by atoms with Crippen LogP contribution in [0, 0.1) is 10.1 Å². The molecule has 142 valence electrons. The summed E-state index contributed by atoms with van der Waals surface area (Å²) < 4.78 is 5.61. The second-order valence-electron chi connectivity index (χ2n) is 6.25. The maximum Gasteiger partial charge on any atom is 0.277 e. The quantitative estimate of drug-likeness (QED) is 0.368. The zero-order valence-corrected chi connectivity index (χ0v) is 15.6. The van der Waals surface area contributed by atoms with Crippen molar-refractivity contribution in [3.05, 3.63) is 64.2 Å². The molecule has 0 fully saturated rings. The Morgan fingerprint density at radius 2 is 2.04 bits per heavy atom. The van der Waals surface area contributed by atoms with Crippen molar-refractivity contribution in [2.45, 2.75) is 18.1 Å². The molecular weight excluding hydrogens is 380 g/mol. The Balaban J connectivity index is 1.44. The second-order valence-corrected chi connectivity index (χ2v) is 7.17. The molecule has 0 N–H and O–H groups in total. The lowest BCUT2D eigenvalue weighted by Crippen LogP contribution is -2.36. The van der Waals surface area contributed by atoms with E-state index in [0.29, 0.717) is 17.7 Å². The van der Waals surface area contributed by atoms with Crippen LogP contribution in [0.1, 0.15) is 12.0 Å². The molecule has 0 bridgehead atoms. The molecule has 3 aromatic rings. The molecule has 2 heterocycles. The first-order valence-corrected chi connectivity index (χ1v) is 9.70. The summed E-state index contributed by atoms with van der Waals surface area (Å²) in [7, 11) is 0. The topological polar surface area (TPSA) is 102 Å². The molecule has 0 aliphatic carbocycles. The summed E-state index contributed by atoms with van der Waals surface area (Å²) in [5.41, 5.74) is 2.42. The summed E-state index contributed by atoms with van der Waals surface area (Å²) in [6, 6.07) is 14.0. The van der Waals surface area contributed by atoms with E-state index in [1.54, 1.807) is 17.0 Å². The molecule has 0 saturated carbocycles. The van der Waals surface area contributed by atoms with Crippen molar-refractivity contribution >= 4 is 29.0 Å². The van der Waals surface area contributed by atoms with Gasteiger partial charge in [-0.05, 0) is 36.6 Å². The lowest BCUT2D eigenvalue weighted by atomic mass is 10.0. The molecule has 1 aromatic heterocycles. The van der Waals surface area contributed by atoms with Crippen LogP contribution in [-0.4, -0.2) is 33.3 Å². The van der Waals surface area contributed by atoms with Gasteiger partial charge in [-0.2, -0.15) is 0 Å². The molecule has 28 heavy (non-hydrogen) atoms. The normalized spacial score (nSPS) is 13.2. The number of non-ortho nitro benzene ring substituents is 1. The number of anilines is 1. The van der Waals surface area contributed by atoms with E-state index in [2.05, 4.69) is 10.2 Å². The maximum absolute atomic E-state index is 12.7. The number of carbonyl (C=O) groups excluding carboxylic acids is 1. The van der Waals surface area contributed by atoms with Crippen LogP contribution in [0.5, 0.6) is 0 Å². The third-order valence-electron chi connectivity index (χ3n) is 4.44. The Kier molecular flexibility index (Phi) is 5.07. The summed E-state index contributed by atoms with van der Waals surface area (Å²) in [5.74, 6) is 0.456. The van der Waals surface area contributed by atoms with E-state index < -0.39 is 4.92 Å². The number of aryl methyl sites for hydroxylation is 1. The number of hydrogen-bond acceptors (Lipinski definition) is 7. The van der Waals surface area contributed by atoms with Gasteiger partial charge in [0.15, 0.2) is 0 Å². The van der Waals surface area contributed by atoms with Crippen LogP contribution in [0.4, 0.5) is 11.4 Å². The van der Waals surface area contributed by atoms with Crippen molar-refractivity contribution in [1.29, 1.82) is 0 Å². The van der Waals surface area contributed by atoms with E-state index in [1.807, 2.05) is 30.3 Å². The first-order chi connectivity index (χ1) is 13.6. The molecule has 0 saturated heterocycles. The minimum Gasteiger partial charge on any atom is -0.411 e. The van der Waals surface area contributed by atoms with E-state index in [1.165, 1.54) is 17.8 Å². The Morgan fingerprint density at radius 1 is 1.21 bits per heavy atom. The smallest absolute Gasteiger partial charge is 0.277 e. The number of thioether (sulfide) groups is 1. The molecule has 8 nitrogen and oxygen atoms in total. The van der Waals surface area contributed by atoms with E-state index >= 15 is 0 Å². The first-order valence-electron chi connectivity index (χ1n) is 8.71. The van der Waals surface area contributed by atoms with Crippen molar-refractivity contribution in [2.75, 3.05) is 17.2 Å². The average Bonchev–Trinajstić information content (AvgIpc) is 3.21. The Labute approximate surface area is 164 Å². The van der Waals surface area contributed by atoms with Crippen molar-refractivity contribution in [2.24, 2.45) is 0 Å². The molecule has 2 aromatic carbocycles. The third-order valence-corrected chi connectivity index (χ3v) is 5.24. The van der Waals surface area contributed by atoms with Crippen molar-refractivity contribution in [1.82, 2.24) is 10.2 Å². The second kappa shape index (κ2) is 7.81. The number of nitro groups is 1. The van der Waals surface area contributed by atoms with Gasteiger partial charge >= 0.3 is 0 Å². The average molecular weight is 396 g/mol. The Morgan fingerprint density at radius 3 is 2.82 bits per heavy atom. The fourth-order valence-corrected chi connectivity index (χ4v) is 3.76. The van der Waals surface area contributed by atoms with Crippen LogP contribution in [0.3, 0.4) is 0 Å². The molecule has 1 aliphatic heterocycles. The van der Waals surface area contributed by atoms with E-state index in [0.717, 1.165) is 29.7 Å². The molecule has 9 heteroatoms. The molecule has 1 amide bonds. The van der Waals surface area contributed by atoms with E-state index in [4.69, 9.17) is 4.42 Å². The Hall–Kier alpha value is -3.20. The number of hydrogen-bond donors (Lipinski definition) is 0. The highest BCUT2D eigenvalue weighted by Gasteiger charge is 2.25. The molecule has 4 rings (SSSR count). The predicted octanol–water partition coefficient (Wildman–Crippen LogP) is 3.72. The number of nitro benzene ring substituents is 1. The number of benzene rings is 2. The summed E-state index contributed by atoms with van der Waals surface area (Å²) in [4.78, 5) is 24.9. The van der Waals surface area contributed by atoms with Crippen LogP contribution in [0.2, 0.25) is 0 Å². The van der Waals surface area contributed by atoms with Gasteiger partial charge in [0.2, 0.25) is 11.8 Å². The van der Waals surface area contributed by atoms with Gasteiger partial charge in [-0.1, -0.05) is 30.0 Å². The molecule has 0 spiro atoms. The molecular formula is C19H16N4O4S. The van der Waals surface area contributed by atoms with Crippen LogP contribution in [-0.2, 0) is 11.2 Å². The highest BCUT2D eigenvalue weighted by molar-refractivity contribution is 7.99. The van der Waals surface area contributed by atoms with Gasteiger partial charge in [-0.25, -0.2) is 0 Å². The highest BCUT2D eigenvalue weighted by Crippen LogP contribution is 2.31. The van der Waals surface area contributed by atoms with Crippen molar-refractivity contribution in [3.63, 3.8) is 0 Å². The van der Waals surface area contributed by atoms with Gasteiger partial charge in [0.05, 0.1) is 10.7 Å². The predicted molar refractivity (Wildman–Crippen MR) is 104 cm³/mol. The number of amides is 1. The van der Waals surface area contributed by atoms with Crippen molar-refractivity contribution in [3.8, 4) is 11.5 Å². The van der Waals surface area contributed by atoms with Gasteiger partial charge in [-0.15, -0.1) is 10.2 Å². The van der Waals surface area contributed by atoms with Gasteiger partial charge in [0.1, 0.15) is 0 Å². The SMILES string of the molecule is O=C(CSc1nnc(-c2ccccc2)o1)N1CCCc2cc([N+](=O)[O-])ccc21. The van der Waals surface area contributed by atoms with Gasteiger partial charge in [0.25, 0.3) is 10.9 Å². The number of rotatable bonds is 5. The minimum absolute atomic E-state index is 0.0433. The number of carbonyl (C=O) groups is 1. The summed E-state index contributed by atoms with van der Waals surface area (Å²) in [6.07, 6.45) is 1.49. The summed E-state index contributed by atoms with van der Waals surface area (Å²) in [6.45, 7) is 0.587. The third kappa shape index (κ3) is 3.74. The van der Waals surface area contributed by atoms with Gasteiger partial charge in [0, 0.05) is 29.9 Å². The fraction of sp³-hybridized carbons (Fsp3) is 0.211. The van der Waals surface area contributed by atoms with Crippen LogP contribution < -0.4 is 4.90 Å². The zero-order chi connectivity index (χ0) is 19.5. The van der Waals surface area contributed by atoms with Crippen molar-refractivity contribution < 1.29 is 14.1 Å². The number of aromatic nitrogens is 2. The fourth-order valence-electron chi connectivity index (χ4n) is 3.12. The molecule has 1 aliphatic rings. The lowest BCUT2D eigenvalue weighted by molar-refractivity contribution is -0.384. The van der Waals surface area contributed by atoms with E-state index in [-0.39, 0.29) is 17.3 Å². The van der Waals surface area contributed by atoms with E-state index in [9.17, 15) is 14.9 Å². The Bertz CT molecular complexity index is 1020. The standard InChI is InChI=1S/C19H16N4O4S/c24-17(12-28-19-21-20-18(27-19)13-5-2-1-3-6-13)22-10-4-7-14-11-15(23(25)26)8-9-16(14)22/h1-3,5-6,8-9,11H,4,7,10,12H2.